The number of piperazine rings is 1. The third kappa shape index (κ3) is 4.64. The van der Waals surface area contributed by atoms with Gasteiger partial charge in [-0.1, -0.05) is 0 Å². The molecule has 2 aromatic heterocycles. The number of nitrogens with zero attached hydrogens (tertiary/aromatic N) is 6. The maximum atomic E-state index is 14.0. The first-order chi connectivity index (χ1) is 16.0. The number of likely N-dealkylation sites (tertiary alicyclic amines) is 1. The van der Waals surface area contributed by atoms with Crippen LogP contribution in [0.5, 0.6) is 0 Å². The van der Waals surface area contributed by atoms with E-state index < -0.39 is 5.95 Å². The first-order valence-electron chi connectivity index (χ1n) is 11.9. The van der Waals surface area contributed by atoms with E-state index in [1.165, 1.54) is 31.7 Å². The largest absolute Gasteiger partial charge is 0.450 e. The number of carbonyl (C=O) groups is 1. The van der Waals surface area contributed by atoms with Crippen LogP contribution in [0.3, 0.4) is 0 Å². The van der Waals surface area contributed by atoms with Gasteiger partial charge in [0.15, 0.2) is 0 Å². The van der Waals surface area contributed by atoms with E-state index in [0.717, 1.165) is 57.1 Å². The molecule has 9 heteroatoms. The number of pyridine rings is 1. The van der Waals surface area contributed by atoms with E-state index >= 15 is 0 Å². The van der Waals surface area contributed by atoms with Gasteiger partial charge < -0.3 is 14.5 Å². The van der Waals surface area contributed by atoms with Crippen LogP contribution in [0.2, 0.25) is 0 Å². The van der Waals surface area contributed by atoms with Gasteiger partial charge in [0.25, 0.3) is 0 Å². The quantitative estimate of drug-likeness (QED) is 0.643. The Bertz CT molecular complexity index is 976. The molecule has 0 N–H and O–H groups in total. The second-order valence-corrected chi connectivity index (χ2v) is 9.55. The summed E-state index contributed by atoms with van der Waals surface area (Å²) in [7, 11) is 0. The minimum absolute atomic E-state index is 0.171. The molecule has 2 aliphatic heterocycles. The molecule has 3 fully saturated rings. The van der Waals surface area contributed by atoms with E-state index in [1.807, 2.05) is 17.9 Å². The van der Waals surface area contributed by atoms with Crippen LogP contribution >= 0.6 is 0 Å². The average Bonchev–Trinajstić information content (AvgIpc) is 3.23. The van der Waals surface area contributed by atoms with Crippen LogP contribution in [0.1, 0.15) is 26.2 Å². The van der Waals surface area contributed by atoms with Gasteiger partial charge >= 0.3 is 6.09 Å². The van der Waals surface area contributed by atoms with Gasteiger partial charge in [0, 0.05) is 63.0 Å². The van der Waals surface area contributed by atoms with E-state index in [-0.39, 0.29) is 6.09 Å². The minimum Gasteiger partial charge on any atom is -0.450 e. The van der Waals surface area contributed by atoms with Crippen LogP contribution in [-0.2, 0) is 4.74 Å². The van der Waals surface area contributed by atoms with Crippen molar-refractivity contribution in [2.24, 2.45) is 11.3 Å². The highest BCUT2D eigenvalue weighted by molar-refractivity contribution is 5.73. The molecule has 8 nitrogen and oxygen atoms in total. The normalized spacial score (nSPS) is 22.4. The second-order valence-electron chi connectivity index (χ2n) is 9.55. The topological polar surface area (TPSA) is 74.7 Å². The molecule has 1 spiro atoms. The van der Waals surface area contributed by atoms with E-state index in [0.29, 0.717) is 23.8 Å². The van der Waals surface area contributed by atoms with Crippen molar-refractivity contribution in [2.75, 3.05) is 57.3 Å². The van der Waals surface area contributed by atoms with E-state index in [4.69, 9.17) is 4.74 Å². The fourth-order valence-electron chi connectivity index (χ4n) is 5.70. The lowest BCUT2D eigenvalue weighted by Crippen LogP contribution is -2.57. The lowest BCUT2D eigenvalue weighted by molar-refractivity contribution is -0.00128. The summed E-state index contributed by atoms with van der Waals surface area (Å²) < 4.78 is 19.1. The van der Waals surface area contributed by atoms with E-state index in [1.54, 1.807) is 12.3 Å². The molecule has 3 aliphatic rings. The van der Waals surface area contributed by atoms with Crippen LogP contribution in [0.25, 0.3) is 11.3 Å². The molecule has 1 amide bonds. The standard InChI is InChI=1S/C24H31FN6O2/c1-2-33-23(32)31-15-24(16-31)7-5-18(13-24)14-29-9-11-30(12-10-29)22-19(3-4-21(25)28-22)20-6-8-26-17-27-20/h3-4,6,8,17-18H,2,5,7,9-16H2,1H3/t18-/m1/s1. The van der Waals surface area contributed by atoms with Gasteiger partial charge in [0.1, 0.15) is 12.1 Å². The van der Waals surface area contributed by atoms with Gasteiger partial charge in [0.05, 0.1) is 12.3 Å². The molecule has 33 heavy (non-hydrogen) atoms. The molecule has 1 atom stereocenters. The van der Waals surface area contributed by atoms with Crippen LogP contribution < -0.4 is 4.90 Å². The van der Waals surface area contributed by atoms with Gasteiger partial charge in [-0.3, -0.25) is 4.90 Å². The molecular weight excluding hydrogens is 423 g/mol. The fraction of sp³-hybridized carbons (Fsp3) is 0.583. The highest BCUT2D eigenvalue weighted by Gasteiger charge is 2.50. The number of rotatable bonds is 5. The van der Waals surface area contributed by atoms with Gasteiger partial charge in [-0.2, -0.15) is 4.39 Å². The summed E-state index contributed by atoms with van der Waals surface area (Å²) in [6.45, 7) is 8.53. The SMILES string of the molecule is CCOC(=O)N1CC2(CC[C@@H](CN3CCN(c4nc(F)ccc4-c4ccncn4)CC3)C2)C1. The number of aromatic nitrogens is 3. The summed E-state index contributed by atoms with van der Waals surface area (Å²) in [5.41, 5.74) is 1.89. The predicted octanol–water partition coefficient (Wildman–Crippen LogP) is 3.06. The van der Waals surface area contributed by atoms with E-state index in [9.17, 15) is 9.18 Å². The molecule has 176 valence electrons. The molecule has 2 aromatic rings. The Balaban J connectivity index is 1.15. The van der Waals surface area contributed by atoms with E-state index in [2.05, 4.69) is 24.8 Å². The molecule has 1 saturated carbocycles. The zero-order chi connectivity index (χ0) is 22.8. The average molecular weight is 455 g/mol. The van der Waals surface area contributed by atoms with Crippen molar-refractivity contribution < 1.29 is 13.9 Å². The third-order valence-corrected chi connectivity index (χ3v) is 7.27. The number of halogens is 1. The van der Waals surface area contributed by atoms with Gasteiger partial charge in [0.2, 0.25) is 5.95 Å². The van der Waals surface area contributed by atoms with Gasteiger partial charge in [-0.15, -0.1) is 0 Å². The smallest absolute Gasteiger partial charge is 0.409 e. The number of hydrogen-bond acceptors (Lipinski definition) is 7. The molecule has 0 unspecified atom stereocenters. The summed E-state index contributed by atoms with van der Waals surface area (Å²) in [6.07, 6.45) is 6.63. The molecule has 5 rings (SSSR count). The van der Waals surface area contributed by atoms with Crippen LogP contribution in [0.4, 0.5) is 15.0 Å². The molecule has 4 heterocycles. The molecule has 0 aromatic carbocycles. The monoisotopic (exact) mass is 454 g/mol. The fourth-order valence-corrected chi connectivity index (χ4v) is 5.70. The lowest BCUT2D eigenvalue weighted by atomic mass is 9.78. The Kier molecular flexibility index (Phi) is 6.14. The Morgan fingerprint density at radius 1 is 1.21 bits per heavy atom. The van der Waals surface area contributed by atoms with Crippen molar-refractivity contribution in [3.05, 3.63) is 36.7 Å². The van der Waals surface area contributed by atoms with Crippen molar-refractivity contribution in [1.82, 2.24) is 24.8 Å². The Morgan fingerprint density at radius 2 is 2.03 bits per heavy atom. The number of anilines is 1. The maximum Gasteiger partial charge on any atom is 0.409 e. The van der Waals surface area contributed by atoms with Crippen LogP contribution in [-0.4, -0.2) is 83.3 Å². The highest BCUT2D eigenvalue weighted by Crippen LogP contribution is 2.48. The molecule has 0 radical (unpaired) electrons. The molecule has 2 saturated heterocycles. The van der Waals surface area contributed by atoms with Crippen molar-refractivity contribution in [3.63, 3.8) is 0 Å². The molecule has 0 bridgehead atoms. The highest BCUT2D eigenvalue weighted by atomic mass is 19.1. The lowest BCUT2D eigenvalue weighted by Gasteiger charge is -2.47. The van der Waals surface area contributed by atoms with Crippen LogP contribution in [0.15, 0.2) is 30.7 Å². The predicted molar refractivity (Wildman–Crippen MR) is 122 cm³/mol. The summed E-state index contributed by atoms with van der Waals surface area (Å²) in [4.78, 5) is 30.9. The van der Waals surface area contributed by atoms with Crippen LogP contribution in [0, 0.1) is 17.3 Å². The second kappa shape index (κ2) is 9.21. The van der Waals surface area contributed by atoms with Crippen molar-refractivity contribution in [3.8, 4) is 11.3 Å². The number of carbonyl (C=O) groups excluding carboxylic acids is 1. The number of amides is 1. The Hall–Kier alpha value is -2.81. The Labute approximate surface area is 193 Å². The third-order valence-electron chi connectivity index (χ3n) is 7.27. The first-order valence-corrected chi connectivity index (χ1v) is 11.9. The van der Waals surface area contributed by atoms with Gasteiger partial charge in [-0.05, 0) is 50.3 Å². The number of hydrogen-bond donors (Lipinski definition) is 0. The summed E-state index contributed by atoms with van der Waals surface area (Å²) in [5.74, 6) is 0.852. The maximum absolute atomic E-state index is 14.0. The minimum atomic E-state index is -0.473. The first kappa shape index (κ1) is 22.0. The number of ether oxygens (including phenoxy) is 1. The summed E-state index contributed by atoms with van der Waals surface area (Å²) in [5, 5.41) is 0. The van der Waals surface area contributed by atoms with Crippen molar-refractivity contribution >= 4 is 11.9 Å². The van der Waals surface area contributed by atoms with Crippen molar-refractivity contribution in [1.29, 1.82) is 0 Å². The summed E-state index contributed by atoms with van der Waals surface area (Å²) >= 11 is 0. The van der Waals surface area contributed by atoms with Crippen molar-refractivity contribution in [2.45, 2.75) is 26.2 Å². The molecular formula is C24H31FN6O2. The molecule has 1 aliphatic carbocycles. The zero-order valence-corrected chi connectivity index (χ0v) is 19.1. The Morgan fingerprint density at radius 3 is 2.76 bits per heavy atom. The summed E-state index contributed by atoms with van der Waals surface area (Å²) in [6, 6.07) is 4.97. The van der Waals surface area contributed by atoms with Gasteiger partial charge in [-0.25, -0.2) is 19.7 Å². The zero-order valence-electron chi connectivity index (χ0n) is 19.1.